The summed E-state index contributed by atoms with van der Waals surface area (Å²) in [6.45, 7) is 4.86. The Morgan fingerprint density at radius 1 is 1.10 bits per heavy atom. The molecule has 4 aromatic rings. The summed E-state index contributed by atoms with van der Waals surface area (Å²) < 4.78 is 0. The molecule has 0 spiro atoms. The second kappa shape index (κ2) is 7.15. The van der Waals surface area contributed by atoms with Gasteiger partial charge in [-0.05, 0) is 47.9 Å². The van der Waals surface area contributed by atoms with E-state index in [9.17, 15) is 9.90 Å². The highest BCUT2D eigenvalue weighted by Crippen LogP contribution is 2.33. The van der Waals surface area contributed by atoms with Crippen molar-refractivity contribution in [1.29, 1.82) is 0 Å². The maximum absolute atomic E-state index is 12.1. The number of amides is 1. The Labute approximate surface area is 173 Å². The van der Waals surface area contributed by atoms with Crippen LogP contribution in [0.15, 0.2) is 67.3 Å². The van der Waals surface area contributed by atoms with E-state index in [1.54, 1.807) is 12.1 Å². The lowest BCUT2D eigenvalue weighted by molar-refractivity contribution is -0.126. The Morgan fingerprint density at radius 3 is 2.77 bits per heavy atom. The second-order valence-corrected chi connectivity index (χ2v) is 7.39. The van der Waals surface area contributed by atoms with Crippen molar-refractivity contribution in [3.05, 3.63) is 78.4 Å². The Hall–Kier alpha value is -3.93. The second-order valence-electron chi connectivity index (χ2n) is 7.39. The number of phenols is 1. The van der Waals surface area contributed by atoms with Gasteiger partial charge in [0, 0.05) is 35.3 Å². The summed E-state index contributed by atoms with van der Waals surface area (Å²) in [5.74, 6) is 0.122. The number of benzene rings is 2. The molecule has 0 saturated heterocycles. The van der Waals surface area contributed by atoms with Crippen molar-refractivity contribution in [3.8, 4) is 28.3 Å². The molecule has 2 aromatic carbocycles. The van der Waals surface area contributed by atoms with E-state index in [0.717, 1.165) is 28.6 Å². The molecule has 6 heteroatoms. The molecule has 0 fully saturated rings. The number of rotatable bonds is 3. The van der Waals surface area contributed by atoms with Gasteiger partial charge in [0.15, 0.2) is 5.65 Å². The van der Waals surface area contributed by atoms with Gasteiger partial charge in [-0.2, -0.15) is 0 Å². The number of carbonyl (C=O) groups is 1. The van der Waals surface area contributed by atoms with Crippen LogP contribution in [0.25, 0.3) is 33.5 Å². The Balaban J connectivity index is 1.57. The summed E-state index contributed by atoms with van der Waals surface area (Å²) in [5, 5.41) is 19.6. The van der Waals surface area contributed by atoms with Crippen LogP contribution in [-0.4, -0.2) is 37.6 Å². The van der Waals surface area contributed by atoms with Crippen LogP contribution in [0.2, 0.25) is 0 Å². The van der Waals surface area contributed by atoms with Gasteiger partial charge in [-0.25, -0.2) is 0 Å². The number of hydrogen-bond donors (Lipinski definition) is 2. The minimum Gasteiger partial charge on any atom is -0.507 e. The zero-order chi connectivity index (χ0) is 20.7. The number of phenolic OH excluding ortho intramolecular Hbond substituents is 1. The monoisotopic (exact) mass is 396 g/mol. The number of nitrogens with zero attached hydrogens (tertiary/aromatic N) is 3. The fourth-order valence-corrected chi connectivity index (χ4v) is 4.05. The Kier molecular flexibility index (Phi) is 4.32. The van der Waals surface area contributed by atoms with E-state index in [-0.39, 0.29) is 11.7 Å². The SMILES string of the molecule is C=CC(=O)N1CCc2cccc(-c3cc4cc(-c5ccccc5O)nnc4[nH]3)c2C1. The highest BCUT2D eigenvalue weighted by molar-refractivity contribution is 5.89. The minimum atomic E-state index is -0.0507. The third-order valence-corrected chi connectivity index (χ3v) is 5.61. The van der Waals surface area contributed by atoms with Crippen LogP contribution in [0, 0.1) is 0 Å². The van der Waals surface area contributed by atoms with Gasteiger partial charge < -0.3 is 15.0 Å². The van der Waals surface area contributed by atoms with Crippen LogP contribution >= 0.6 is 0 Å². The van der Waals surface area contributed by atoms with E-state index in [2.05, 4.69) is 33.9 Å². The van der Waals surface area contributed by atoms with E-state index in [1.165, 1.54) is 11.6 Å². The fraction of sp³-hybridized carbons (Fsp3) is 0.125. The lowest BCUT2D eigenvalue weighted by Crippen LogP contribution is -2.35. The molecular weight excluding hydrogens is 376 g/mol. The van der Waals surface area contributed by atoms with E-state index in [4.69, 9.17) is 0 Å². The molecule has 0 bridgehead atoms. The predicted molar refractivity (Wildman–Crippen MR) is 116 cm³/mol. The summed E-state index contributed by atoms with van der Waals surface area (Å²) in [6.07, 6.45) is 2.19. The maximum Gasteiger partial charge on any atom is 0.246 e. The standard InChI is InChI=1S/C24H20N4O2/c1-2-23(30)28-11-10-15-6-5-8-17(19(15)14-28)20-12-16-13-21(26-27-24(16)25-20)18-7-3-4-9-22(18)29/h2-9,12-13,29H,1,10-11,14H2,(H,25,27). The minimum absolute atomic E-state index is 0.0507. The summed E-state index contributed by atoms with van der Waals surface area (Å²) in [7, 11) is 0. The topological polar surface area (TPSA) is 82.1 Å². The molecule has 0 radical (unpaired) electrons. The first-order valence-corrected chi connectivity index (χ1v) is 9.81. The molecule has 1 aliphatic heterocycles. The Morgan fingerprint density at radius 2 is 1.93 bits per heavy atom. The number of aromatic nitrogens is 3. The molecule has 30 heavy (non-hydrogen) atoms. The average Bonchev–Trinajstić information content (AvgIpc) is 3.21. The van der Waals surface area contributed by atoms with Gasteiger partial charge >= 0.3 is 0 Å². The van der Waals surface area contributed by atoms with E-state index < -0.39 is 0 Å². The maximum atomic E-state index is 12.1. The lowest BCUT2D eigenvalue weighted by Gasteiger charge is -2.29. The van der Waals surface area contributed by atoms with Crippen molar-refractivity contribution in [2.75, 3.05) is 6.54 Å². The zero-order valence-electron chi connectivity index (χ0n) is 16.3. The molecule has 1 aliphatic rings. The van der Waals surface area contributed by atoms with E-state index >= 15 is 0 Å². The van der Waals surface area contributed by atoms with Crippen LogP contribution in [0.3, 0.4) is 0 Å². The van der Waals surface area contributed by atoms with E-state index in [1.807, 2.05) is 35.2 Å². The van der Waals surface area contributed by atoms with Crippen molar-refractivity contribution in [2.45, 2.75) is 13.0 Å². The predicted octanol–water partition coefficient (Wildman–Crippen LogP) is 4.07. The van der Waals surface area contributed by atoms with Gasteiger partial charge in [-0.3, -0.25) is 4.79 Å². The third-order valence-electron chi connectivity index (χ3n) is 5.61. The van der Waals surface area contributed by atoms with Crippen molar-refractivity contribution >= 4 is 16.9 Å². The van der Waals surface area contributed by atoms with Gasteiger partial charge in [-0.15, -0.1) is 10.2 Å². The van der Waals surface area contributed by atoms with E-state index in [0.29, 0.717) is 30.0 Å². The van der Waals surface area contributed by atoms with Gasteiger partial charge in [-0.1, -0.05) is 36.9 Å². The summed E-state index contributed by atoms with van der Waals surface area (Å²) >= 11 is 0. The fourth-order valence-electron chi connectivity index (χ4n) is 4.05. The first kappa shape index (κ1) is 18.1. The van der Waals surface area contributed by atoms with Crippen LogP contribution < -0.4 is 0 Å². The number of aromatic amines is 1. The van der Waals surface area contributed by atoms with Crippen molar-refractivity contribution in [1.82, 2.24) is 20.1 Å². The average molecular weight is 396 g/mol. The zero-order valence-corrected chi connectivity index (χ0v) is 16.3. The van der Waals surface area contributed by atoms with Gasteiger partial charge in [0.25, 0.3) is 0 Å². The molecule has 0 unspecified atom stereocenters. The number of fused-ring (bicyclic) bond motifs is 2. The quantitative estimate of drug-likeness (QED) is 0.512. The molecule has 0 saturated carbocycles. The first-order chi connectivity index (χ1) is 14.6. The smallest absolute Gasteiger partial charge is 0.246 e. The molecule has 0 aliphatic carbocycles. The van der Waals surface area contributed by atoms with Crippen LogP contribution in [0.1, 0.15) is 11.1 Å². The van der Waals surface area contributed by atoms with Gasteiger partial charge in [0.2, 0.25) is 5.91 Å². The molecule has 148 valence electrons. The number of nitrogens with one attached hydrogen (secondary N) is 1. The van der Waals surface area contributed by atoms with Crippen LogP contribution in [0.5, 0.6) is 5.75 Å². The third kappa shape index (κ3) is 3.03. The molecule has 2 aromatic heterocycles. The largest absolute Gasteiger partial charge is 0.507 e. The summed E-state index contributed by atoms with van der Waals surface area (Å²) in [5.41, 5.74) is 6.31. The molecule has 2 N–H and O–H groups in total. The Bertz CT molecular complexity index is 1290. The molecule has 5 rings (SSSR count). The molecule has 1 amide bonds. The number of aromatic hydroxyl groups is 1. The molecule has 3 heterocycles. The van der Waals surface area contributed by atoms with Crippen molar-refractivity contribution in [3.63, 3.8) is 0 Å². The van der Waals surface area contributed by atoms with Crippen molar-refractivity contribution in [2.24, 2.45) is 0 Å². The summed E-state index contributed by atoms with van der Waals surface area (Å²) in [6, 6.07) is 17.3. The molecular formula is C24H20N4O2. The van der Waals surface area contributed by atoms with Crippen LogP contribution in [-0.2, 0) is 17.8 Å². The van der Waals surface area contributed by atoms with Gasteiger partial charge in [0.05, 0.1) is 5.69 Å². The number of H-pyrrole nitrogens is 1. The molecule has 6 nitrogen and oxygen atoms in total. The normalized spacial score (nSPS) is 13.3. The van der Waals surface area contributed by atoms with Crippen molar-refractivity contribution < 1.29 is 9.90 Å². The number of carbonyl (C=O) groups excluding carboxylic acids is 1. The number of para-hydroxylation sites is 1. The number of hydrogen-bond acceptors (Lipinski definition) is 4. The molecule has 0 atom stereocenters. The first-order valence-electron chi connectivity index (χ1n) is 9.81. The highest BCUT2D eigenvalue weighted by Gasteiger charge is 2.22. The highest BCUT2D eigenvalue weighted by atomic mass is 16.3. The summed E-state index contributed by atoms with van der Waals surface area (Å²) in [4.78, 5) is 17.3. The van der Waals surface area contributed by atoms with Crippen LogP contribution in [0.4, 0.5) is 0 Å². The van der Waals surface area contributed by atoms with Gasteiger partial charge in [0.1, 0.15) is 5.75 Å². The lowest BCUT2D eigenvalue weighted by atomic mass is 9.93.